The highest BCUT2D eigenvalue weighted by molar-refractivity contribution is 5.31. The minimum absolute atomic E-state index is 0.176. The van der Waals surface area contributed by atoms with Crippen LogP contribution in [0.2, 0.25) is 0 Å². The summed E-state index contributed by atoms with van der Waals surface area (Å²) in [6.07, 6.45) is 4.89. The Labute approximate surface area is 102 Å². The molecule has 1 aliphatic carbocycles. The zero-order valence-electron chi connectivity index (χ0n) is 10.6. The van der Waals surface area contributed by atoms with Gasteiger partial charge in [0.2, 0.25) is 0 Å². The van der Waals surface area contributed by atoms with Crippen molar-refractivity contribution in [3.63, 3.8) is 0 Å². The fourth-order valence-electron chi connectivity index (χ4n) is 2.49. The maximum absolute atomic E-state index is 13.9. The van der Waals surface area contributed by atoms with Crippen LogP contribution in [0.4, 0.5) is 4.39 Å². The van der Waals surface area contributed by atoms with E-state index in [-0.39, 0.29) is 11.4 Å². The number of nitrogens with one attached hydrogen (secondary N) is 1. The number of rotatable bonds is 4. The van der Waals surface area contributed by atoms with Gasteiger partial charge in [0.15, 0.2) is 11.6 Å². The Morgan fingerprint density at radius 1 is 1.35 bits per heavy atom. The van der Waals surface area contributed by atoms with E-state index >= 15 is 0 Å². The molecule has 0 atom stereocenters. The van der Waals surface area contributed by atoms with Gasteiger partial charge in [0, 0.05) is 17.6 Å². The van der Waals surface area contributed by atoms with Gasteiger partial charge in [0.05, 0.1) is 7.11 Å². The molecule has 0 saturated heterocycles. The van der Waals surface area contributed by atoms with Gasteiger partial charge in [0.1, 0.15) is 0 Å². The summed E-state index contributed by atoms with van der Waals surface area (Å²) < 4.78 is 18.9. The summed E-state index contributed by atoms with van der Waals surface area (Å²) in [6, 6.07) is 5.29. The summed E-state index contributed by atoms with van der Waals surface area (Å²) in [4.78, 5) is 0. The normalized spacial score (nSPS) is 18.3. The zero-order valence-corrected chi connectivity index (χ0v) is 10.6. The second kappa shape index (κ2) is 5.05. The van der Waals surface area contributed by atoms with Gasteiger partial charge in [-0.05, 0) is 25.8 Å². The summed E-state index contributed by atoms with van der Waals surface area (Å²) >= 11 is 0. The molecule has 1 aliphatic rings. The molecule has 0 amide bonds. The maximum Gasteiger partial charge on any atom is 0.169 e. The molecular weight excluding hydrogens is 217 g/mol. The number of hydrogen-bond acceptors (Lipinski definition) is 2. The first-order valence-electron chi connectivity index (χ1n) is 6.21. The molecule has 2 rings (SSSR count). The van der Waals surface area contributed by atoms with Crippen molar-refractivity contribution in [2.75, 3.05) is 7.11 Å². The molecule has 1 aromatic rings. The molecule has 0 spiro atoms. The largest absolute Gasteiger partial charge is 0.494 e. The van der Waals surface area contributed by atoms with Crippen LogP contribution in [-0.4, -0.2) is 12.6 Å². The lowest BCUT2D eigenvalue weighted by molar-refractivity contribution is 0.353. The molecule has 0 bridgehead atoms. The van der Waals surface area contributed by atoms with Crippen LogP contribution in [0.5, 0.6) is 5.75 Å². The highest BCUT2D eigenvalue weighted by Crippen LogP contribution is 2.29. The van der Waals surface area contributed by atoms with Gasteiger partial charge < -0.3 is 10.1 Å². The molecular formula is C14H20FNO. The van der Waals surface area contributed by atoms with Gasteiger partial charge in [0.25, 0.3) is 0 Å². The average Bonchev–Trinajstić information content (AvgIpc) is 2.75. The van der Waals surface area contributed by atoms with Crippen LogP contribution in [0.15, 0.2) is 18.2 Å². The Hall–Kier alpha value is -1.09. The van der Waals surface area contributed by atoms with Crippen molar-refractivity contribution in [2.45, 2.75) is 44.7 Å². The Kier molecular flexibility index (Phi) is 3.67. The Bertz CT molecular complexity index is 386. The molecule has 1 fully saturated rings. The molecule has 1 aromatic carbocycles. The van der Waals surface area contributed by atoms with E-state index in [1.807, 2.05) is 12.1 Å². The second-order valence-corrected chi connectivity index (χ2v) is 5.05. The van der Waals surface area contributed by atoms with Gasteiger partial charge in [-0.15, -0.1) is 0 Å². The van der Waals surface area contributed by atoms with Gasteiger partial charge in [-0.25, -0.2) is 4.39 Å². The lowest BCUT2D eigenvalue weighted by atomic mass is 10.0. The number of methoxy groups -OCH3 is 1. The monoisotopic (exact) mass is 237 g/mol. The van der Waals surface area contributed by atoms with Crippen molar-refractivity contribution in [3.8, 4) is 5.75 Å². The van der Waals surface area contributed by atoms with Gasteiger partial charge >= 0.3 is 0 Å². The van der Waals surface area contributed by atoms with E-state index in [0.717, 1.165) is 0 Å². The summed E-state index contributed by atoms with van der Waals surface area (Å²) in [5, 5.41) is 3.47. The molecule has 94 valence electrons. The van der Waals surface area contributed by atoms with Gasteiger partial charge in [-0.3, -0.25) is 0 Å². The lowest BCUT2D eigenvalue weighted by Crippen LogP contribution is -2.38. The molecule has 17 heavy (non-hydrogen) atoms. The third kappa shape index (κ3) is 2.78. The molecule has 0 aromatic heterocycles. The van der Waals surface area contributed by atoms with E-state index < -0.39 is 0 Å². The second-order valence-electron chi connectivity index (χ2n) is 5.05. The molecule has 1 saturated carbocycles. The SMILES string of the molecule is COc1cccc(CNC2(C)CCCC2)c1F. The average molecular weight is 237 g/mol. The van der Waals surface area contributed by atoms with E-state index in [2.05, 4.69) is 12.2 Å². The molecule has 2 nitrogen and oxygen atoms in total. The van der Waals surface area contributed by atoms with E-state index in [0.29, 0.717) is 17.9 Å². The van der Waals surface area contributed by atoms with Crippen molar-refractivity contribution >= 4 is 0 Å². The molecule has 0 radical (unpaired) electrons. The fraction of sp³-hybridized carbons (Fsp3) is 0.571. The highest BCUT2D eigenvalue weighted by Gasteiger charge is 2.27. The van der Waals surface area contributed by atoms with Gasteiger partial charge in [-0.1, -0.05) is 25.0 Å². The van der Waals surface area contributed by atoms with E-state index in [1.165, 1.54) is 32.8 Å². The molecule has 0 aliphatic heterocycles. The van der Waals surface area contributed by atoms with Crippen LogP contribution >= 0.6 is 0 Å². The minimum atomic E-state index is -0.246. The molecule has 1 N–H and O–H groups in total. The highest BCUT2D eigenvalue weighted by atomic mass is 19.1. The number of hydrogen-bond donors (Lipinski definition) is 1. The maximum atomic E-state index is 13.9. The summed E-state index contributed by atoms with van der Waals surface area (Å²) in [6.45, 7) is 2.79. The Morgan fingerprint density at radius 2 is 2.06 bits per heavy atom. The van der Waals surface area contributed by atoms with E-state index in [9.17, 15) is 4.39 Å². The van der Waals surface area contributed by atoms with Crippen LogP contribution in [0.25, 0.3) is 0 Å². The topological polar surface area (TPSA) is 21.3 Å². The Morgan fingerprint density at radius 3 is 2.71 bits per heavy atom. The van der Waals surface area contributed by atoms with Gasteiger partial charge in [-0.2, -0.15) is 0 Å². The van der Waals surface area contributed by atoms with E-state index in [1.54, 1.807) is 6.07 Å². The summed E-state index contributed by atoms with van der Waals surface area (Å²) in [5.74, 6) is 0.0740. The number of halogens is 1. The molecule has 0 unspecified atom stereocenters. The predicted octanol–water partition coefficient (Wildman–Crippen LogP) is 3.26. The standard InChI is InChI=1S/C14H20FNO/c1-14(8-3-4-9-14)16-10-11-6-5-7-12(17-2)13(11)15/h5-7,16H,3-4,8-10H2,1-2H3. The third-order valence-corrected chi connectivity index (χ3v) is 3.68. The number of benzene rings is 1. The summed E-state index contributed by atoms with van der Waals surface area (Å²) in [7, 11) is 1.49. The van der Waals surface area contributed by atoms with Crippen molar-refractivity contribution in [1.82, 2.24) is 5.32 Å². The first-order valence-corrected chi connectivity index (χ1v) is 6.21. The van der Waals surface area contributed by atoms with Crippen LogP contribution in [0, 0.1) is 5.82 Å². The Balaban J connectivity index is 2.03. The van der Waals surface area contributed by atoms with Crippen molar-refractivity contribution < 1.29 is 9.13 Å². The lowest BCUT2D eigenvalue weighted by Gasteiger charge is -2.25. The van der Waals surface area contributed by atoms with Crippen LogP contribution in [-0.2, 0) is 6.54 Å². The number of ether oxygens (including phenoxy) is 1. The zero-order chi connectivity index (χ0) is 12.3. The third-order valence-electron chi connectivity index (χ3n) is 3.68. The first kappa shape index (κ1) is 12.4. The van der Waals surface area contributed by atoms with E-state index in [4.69, 9.17) is 4.74 Å². The molecule has 0 heterocycles. The minimum Gasteiger partial charge on any atom is -0.494 e. The smallest absolute Gasteiger partial charge is 0.169 e. The van der Waals surface area contributed by atoms with Crippen LogP contribution < -0.4 is 10.1 Å². The van der Waals surface area contributed by atoms with Crippen molar-refractivity contribution in [2.24, 2.45) is 0 Å². The van der Waals surface area contributed by atoms with Crippen LogP contribution in [0.3, 0.4) is 0 Å². The first-order chi connectivity index (χ1) is 8.14. The summed E-state index contributed by atoms with van der Waals surface area (Å²) in [5.41, 5.74) is 0.854. The predicted molar refractivity (Wildman–Crippen MR) is 66.7 cm³/mol. The van der Waals surface area contributed by atoms with Crippen LogP contribution in [0.1, 0.15) is 38.2 Å². The quantitative estimate of drug-likeness (QED) is 0.868. The fourth-order valence-corrected chi connectivity index (χ4v) is 2.49. The van der Waals surface area contributed by atoms with Crippen molar-refractivity contribution in [3.05, 3.63) is 29.6 Å². The van der Waals surface area contributed by atoms with Crippen molar-refractivity contribution in [1.29, 1.82) is 0 Å². The molecule has 3 heteroatoms.